The standard InChI is InChI=1S/C28H25N3O2/c1-18-10-9-13-21(16-18)28(33)29-27-24(32)17-23-25(26(27)20-11-5-3-6-12-20)19(2)30-31(23)22-14-7-4-8-15-22/h3-16,26-27H,17H2,1-2H3,(H,29,33)/t26-,27-/m0/s1. The summed E-state index contributed by atoms with van der Waals surface area (Å²) in [4.78, 5) is 26.6. The number of ketones is 1. The van der Waals surface area contributed by atoms with Crippen molar-refractivity contribution in [1.82, 2.24) is 15.1 Å². The fourth-order valence-corrected chi connectivity index (χ4v) is 4.77. The summed E-state index contributed by atoms with van der Waals surface area (Å²) in [5.74, 6) is -0.572. The summed E-state index contributed by atoms with van der Waals surface area (Å²) in [5, 5.41) is 7.86. The summed E-state index contributed by atoms with van der Waals surface area (Å²) in [7, 11) is 0. The van der Waals surface area contributed by atoms with Gasteiger partial charge in [-0.1, -0.05) is 66.2 Å². The van der Waals surface area contributed by atoms with Crippen LogP contribution in [0.15, 0.2) is 84.9 Å². The maximum absolute atomic E-state index is 13.5. The molecule has 2 atom stereocenters. The Bertz CT molecular complexity index is 1330. The molecule has 33 heavy (non-hydrogen) atoms. The molecule has 1 aliphatic rings. The van der Waals surface area contributed by atoms with Crippen molar-refractivity contribution in [2.75, 3.05) is 0 Å². The highest BCUT2D eigenvalue weighted by atomic mass is 16.2. The van der Waals surface area contributed by atoms with Gasteiger partial charge in [-0.15, -0.1) is 0 Å². The molecular formula is C28H25N3O2. The van der Waals surface area contributed by atoms with Crippen LogP contribution in [0.25, 0.3) is 5.69 Å². The number of amides is 1. The summed E-state index contributed by atoms with van der Waals surface area (Å²) >= 11 is 0. The maximum Gasteiger partial charge on any atom is 0.251 e. The minimum absolute atomic E-state index is 0.0190. The van der Waals surface area contributed by atoms with E-state index in [1.807, 2.05) is 97.4 Å². The third-order valence-corrected chi connectivity index (χ3v) is 6.27. The largest absolute Gasteiger partial charge is 0.341 e. The fourth-order valence-electron chi connectivity index (χ4n) is 4.77. The number of nitrogens with one attached hydrogen (secondary N) is 1. The van der Waals surface area contributed by atoms with Crippen molar-refractivity contribution >= 4 is 11.7 Å². The Morgan fingerprint density at radius 1 is 0.939 bits per heavy atom. The number of Topliss-reactive ketones (excluding diaryl/α,β-unsaturated/α-hetero) is 1. The molecule has 4 aromatic rings. The van der Waals surface area contributed by atoms with Crippen LogP contribution in [0.5, 0.6) is 0 Å². The van der Waals surface area contributed by atoms with E-state index in [0.717, 1.165) is 33.8 Å². The molecule has 5 heteroatoms. The Morgan fingerprint density at radius 3 is 2.33 bits per heavy atom. The van der Waals surface area contributed by atoms with Gasteiger partial charge in [0.1, 0.15) is 0 Å². The molecule has 0 bridgehead atoms. The number of hydrogen-bond donors (Lipinski definition) is 1. The average molecular weight is 436 g/mol. The highest BCUT2D eigenvalue weighted by molar-refractivity contribution is 6.00. The van der Waals surface area contributed by atoms with Crippen LogP contribution >= 0.6 is 0 Å². The first-order valence-electron chi connectivity index (χ1n) is 11.1. The molecular weight excluding hydrogens is 410 g/mol. The zero-order chi connectivity index (χ0) is 22.9. The van der Waals surface area contributed by atoms with Gasteiger partial charge in [-0.2, -0.15) is 5.10 Å². The van der Waals surface area contributed by atoms with Crippen LogP contribution in [0.2, 0.25) is 0 Å². The van der Waals surface area contributed by atoms with Crippen molar-refractivity contribution in [2.45, 2.75) is 32.2 Å². The van der Waals surface area contributed by atoms with E-state index >= 15 is 0 Å². The van der Waals surface area contributed by atoms with E-state index in [1.54, 1.807) is 6.07 Å². The zero-order valence-electron chi connectivity index (χ0n) is 18.7. The monoisotopic (exact) mass is 435 g/mol. The highest BCUT2D eigenvalue weighted by Gasteiger charge is 2.41. The number of carbonyl (C=O) groups is 2. The summed E-state index contributed by atoms with van der Waals surface area (Å²) in [5.41, 5.74) is 6.22. The van der Waals surface area contributed by atoms with E-state index in [2.05, 4.69) is 5.32 Å². The summed E-state index contributed by atoms with van der Waals surface area (Å²) in [6.45, 7) is 3.92. The number of carbonyl (C=O) groups excluding carboxylic acids is 2. The van der Waals surface area contributed by atoms with E-state index in [1.165, 1.54) is 0 Å². The SMILES string of the molecule is Cc1cccc(C(=O)N[C@H]2C(=O)Cc3c(c(C)nn3-c3ccccc3)[C@@H]2c2ccccc2)c1. The first-order chi connectivity index (χ1) is 16.0. The molecule has 0 aliphatic heterocycles. The third-order valence-electron chi connectivity index (χ3n) is 6.27. The lowest BCUT2D eigenvalue weighted by molar-refractivity contribution is -0.121. The van der Waals surface area contributed by atoms with Crippen molar-refractivity contribution in [1.29, 1.82) is 0 Å². The average Bonchev–Trinajstić information content (AvgIpc) is 3.16. The van der Waals surface area contributed by atoms with Gasteiger partial charge in [-0.25, -0.2) is 4.68 Å². The molecule has 1 aromatic heterocycles. The molecule has 1 heterocycles. The normalized spacial score (nSPS) is 17.5. The molecule has 1 N–H and O–H groups in total. The van der Waals surface area contributed by atoms with Crippen LogP contribution < -0.4 is 5.32 Å². The molecule has 0 unspecified atom stereocenters. The van der Waals surface area contributed by atoms with E-state index < -0.39 is 6.04 Å². The lowest BCUT2D eigenvalue weighted by atomic mass is 9.76. The van der Waals surface area contributed by atoms with Gasteiger partial charge < -0.3 is 5.32 Å². The molecule has 3 aromatic carbocycles. The molecule has 0 fully saturated rings. The second-order valence-corrected chi connectivity index (χ2v) is 8.55. The summed E-state index contributed by atoms with van der Waals surface area (Å²) in [6, 6.07) is 26.5. The lowest BCUT2D eigenvalue weighted by Crippen LogP contribution is -2.48. The Balaban J connectivity index is 1.61. The van der Waals surface area contributed by atoms with E-state index in [0.29, 0.717) is 5.56 Å². The van der Waals surface area contributed by atoms with Crippen LogP contribution in [-0.4, -0.2) is 27.5 Å². The number of para-hydroxylation sites is 1. The molecule has 1 aliphatic carbocycles. The quantitative estimate of drug-likeness (QED) is 0.512. The number of nitrogens with zero attached hydrogens (tertiary/aromatic N) is 2. The van der Waals surface area contributed by atoms with Gasteiger partial charge in [0.15, 0.2) is 5.78 Å². The van der Waals surface area contributed by atoms with Crippen LogP contribution in [-0.2, 0) is 11.2 Å². The van der Waals surface area contributed by atoms with Gasteiger partial charge in [0, 0.05) is 17.0 Å². The number of benzene rings is 3. The van der Waals surface area contributed by atoms with Crippen LogP contribution in [0.1, 0.15) is 44.4 Å². The molecule has 164 valence electrons. The molecule has 0 saturated heterocycles. The van der Waals surface area contributed by atoms with Crippen molar-refractivity contribution in [3.8, 4) is 5.69 Å². The van der Waals surface area contributed by atoms with Gasteiger partial charge in [0.05, 0.1) is 29.5 Å². The Kier molecular flexibility index (Phi) is 5.38. The van der Waals surface area contributed by atoms with Gasteiger partial charge in [-0.3, -0.25) is 9.59 Å². The smallest absolute Gasteiger partial charge is 0.251 e. The van der Waals surface area contributed by atoms with Gasteiger partial charge in [-0.05, 0) is 43.7 Å². The number of rotatable bonds is 4. The highest BCUT2D eigenvalue weighted by Crippen LogP contribution is 2.38. The Morgan fingerprint density at radius 2 is 1.64 bits per heavy atom. The minimum atomic E-state index is -0.667. The summed E-state index contributed by atoms with van der Waals surface area (Å²) in [6.07, 6.45) is 0.215. The second-order valence-electron chi connectivity index (χ2n) is 8.55. The molecule has 0 radical (unpaired) electrons. The van der Waals surface area contributed by atoms with Gasteiger partial charge in [0.2, 0.25) is 0 Å². The van der Waals surface area contributed by atoms with Crippen LogP contribution in [0.4, 0.5) is 0 Å². The third kappa shape index (κ3) is 3.87. The zero-order valence-corrected chi connectivity index (χ0v) is 18.7. The summed E-state index contributed by atoms with van der Waals surface area (Å²) < 4.78 is 1.87. The lowest BCUT2D eigenvalue weighted by Gasteiger charge is -2.32. The minimum Gasteiger partial charge on any atom is -0.341 e. The molecule has 0 spiro atoms. The van der Waals surface area contributed by atoms with Crippen molar-refractivity contribution in [2.24, 2.45) is 0 Å². The fraction of sp³-hybridized carbons (Fsp3) is 0.179. The van der Waals surface area contributed by atoms with Crippen molar-refractivity contribution < 1.29 is 9.59 Å². The van der Waals surface area contributed by atoms with Crippen molar-refractivity contribution in [3.05, 3.63) is 119 Å². The number of fused-ring (bicyclic) bond motifs is 1. The Labute approximate surface area is 193 Å². The second kappa shape index (κ2) is 8.51. The predicted octanol–water partition coefficient (Wildman–Crippen LogP) is 4.54. The number of aromatic nitrogens is 2. The first-order valence-corrected chi connectivity index (χ1v) is 11.1. The number of hydrogen-bond acceptors (Lipinski definition) is 3. The number of aryl methyl sites for hydroxylation is 2. The topological polar surface area (TPSA) is 64.0 Å². The molecule has 0 saturated carbocycles. The van der Waals surface area contributed by atoms with E-state index in [-0.39, 0.29) is 24.0 Å². The maximum atomic E-state index is 13.5. The molecule has 5 nitrogen and oxygen atoms in total. The van der Waals surface area contributed by atoms with E-state index in [9.17, 15) is 9.59 Å². The van der Waals surface area contributed by atoms with Gasteiger partial charge in [0.25, 0.3) is 5.91 Å². The van der Waals surface area contributed by atoms with Crippen molar-refractivity contribution in [3.63, 3.8) is 0 Å². The molecule has 5 rings (SSSR count). The Hall–Kier alpha value is -3.99. The first kappa shape index (κ1) is 20.9. The van der Waals surface area contributed by atoms with Gasteiger partial charge >= 0.3 is 0 Å². The molecule has 1 amide bonds. The van der Waals surface area contributed by atoms with Crippen LogP contribution in [0, 0.1) is 13.8 Å². The van der Waals surface area contributed by atoms with Crippen LogP contribution in [0.3, 0.4) is 0 Å². The predicted molar refractivity (Wildman–Crippen MR) is 128 cm³/mol. The van der Waals surface area contributed by atoms with E-state index in [4.69, 9.17) is 5.10 Å².